The molecule has 2 unspecified atom stereocenters. The summed E-state index contributed by atoms with van der Waals surface area (Å²) in [6.45, 7) is 0. The Morgan fingerprint density at radius 3 is 2.78 bits per heavy atom. The second-order valence-electron chi connectivity index (χ2n) is 4.25. The van der Waals surface area contributed by atoms with Gasteiger partial charge in [0.25, 0.3) is 0 Å². The van der Waals surface area contributed by atoms with Crippen molar-refractivity contribution in [2.75, 3.05) is 5.75 Å². The molecule has 94 valence electrons. The van der Waals surface area contributed by atoms with Gasteiger partial charge >= 0.3 is 0 Å². The molecule has 0 saturated carbocycles. The van der Waals surface area contributed by atoms with Crippen LogP contribution in [0.5, 0.6) is 0 Å². The SMILES string of the molecule is O=CC12ON=C(c3cc(F)cc(F)c3)C1CCS2. The summed E-state index contributed by atoms with van der Waals surface area (Å²) in [5.74, 6) is -0.801. The number of hydrogen-bond donors (Lipinski definition) is 0. The molecule has 18 heavy (non-hydrogen) atoms. The first-order chi connectivity index (χ1) is 8.64. The van der Waals surface area contributed by atoms with Crippen molar-refractivity contribution in [2.45, 2.75) is 11.4 Å². The predicted octanol–water partition coefficient (Wildman–Crippen LogP) is 2.35. The average molecular weight is 269 g/mol. The number of oxime groups is 1. The van der Waals surface area contributed by atoms with Crippen LogP contribution in [0.1, 0.15) is 12.0 Å². The highest BCUT2D eigenvalue weighted by atomic mass is 32.2. The lowest BCUT2D eigenvalue weighted by Crippen LogP contribution is -2.33. The van der Waals surface area contributed by atoms with E-state index in [-0.39, 0.29) is 5.92 Å². The van der Waals surface area contributed by atoms with Gasteiger partial charge in [-0.2, -0.15) is 0 Å². The van der Waals surface area contributed by atoms with Gasteiger partial charge in [0.15, 0.2) is 6.29 Å². The molecule has 2 atom stereocenters. The highest BCUT2D eigenvalue weighted by Gasteiger charge is 2.53. The molecule has 0 bridgehead atoms. The first kappa shape index (κ1) is 11.6. The van der Waals surface area contributed by atoms with E-state index in [0.717, 1.165) is 18.1 Å². The van der Waals surface area contributed by atoms with Gasteiger partial charge in [-0.1, -0.05) is 5.16 Å². The Bertz CT molecular complexity index is 529. The van der Waals surface area contributed by atoms with Gasteiger partial charge in [-0.05, 0) is 24.3 Å². The molecule has 2 heterocycles. The van der Waals surface area contributed by atoms with E-state index in [4.69, 9.17) is 4.84 Å². The number of carbonyl (C=O) groups excluding carboxylic acids is 1. The molecule has 3 rings (SSSR count). The number of benzene rings is 1. The molecule has 0 radical (unpaired) electrons. The second-order valence-corrected chi connectivity index (χ2v) is 5.59. The third kappa shape index (κ3) is 1.63. The number of fused-ring (bicyclic) bond motifs is 1. The molecular weight excluding hydrogens is 260 g/mol. The molecule has 6 heteroatoms. The highest BCUT2D eigenvalue weighted by Crippen LogP contribution is 2.48. The summed E-state index contributed by atoms with van der Waals surface area (Å²) in [5, 5.41) is 3.85. The summed E-state index contributed by atoms with van der Waals surface area (Å²) in [4.78, 5) is 15.4. The standard InChI is InChI=1S/C12H9F2NO2S/c13-8-3-7(4-9(14)5-8)11-10-1-2-18-12(10,6-16)17-15-11/h3-6,10H,1-2H2. The Morgan fingerprint density at radius 2 is 2.11 bits per heavy atom. The van der Waals surface area contributed by atoms with Crippen molar-refractivity contribution in [2.24, 2.45) is 11.1 Å². The van der Waals surface area contributed by atoms with Crippen LogP contribution in [-0.4, -0.2) is 22.7 Å². The number of nitrogens with zero attached hydrogens (tertiary/aromatic N) is 1. The fourth-order valence-electron chi connectivity index (χ4n) is 2.33. The Morgan fingerprint density at radius 1 is 1.39 bits per heavy atom. The van der Waals surface area contributed by atoms with Crippen LogP contribution in [0.25, 0.3) is 0 Å². The molecule has 0 spiro atoms. The van der Waals surface area contributed by atoms with Gasteiger partial charge in [0.05, 0.1) is 11.6 Å². The molecule has 1 aromatic carbocycles. The van der Waals surface area contributed by atoms with E-state index in [2.05, 4.69) is 5.16 Å². The van der Waals surface area contributed by atoms with Gasteiger partial charge in [0.2, 0.25) is 4.93 Å². The van der Waals surface area contributed by atoms with E-state index < -0.39 is 16.6 Å². The first-order valence-corrected chi connectivity index (χ1v) is 6.46. The van der Waals surface area contributed by atoms with E-state index in [0.29, 0.717) is 17.7 Å². The number of rotatable bonds is 2. The Labute approximate surface area is 106 Å². The van der Waals surface area contributed by atoms with E-state index in [1.807, 2.05) is 0 Å². The highest BCUT2D eigenvalue weighted by molar-refractivity contribution is 8.01. The lowest BCUT2D eigenvalue weighted by molar-refractivity contribution is -0.120. The van der Waals surface area contributed by atoms with Crippen molar-refractivity contribution >= 4 is 23.8 Å². The quantitative estimate of drug-likeness (QED) is 0.774. The number of carbonyl (C=O) groups is 1. The summed E-state index contributed by atoms with van der Waals surface area (Å²) >= 11 is 1.37. The molecule has 2 aliphatic heterocycles. The fraction of sp³-hybridized carbons (Fsp3) is 0.333. The first-order valence-electron chi connectivity index (χ1n) is 5.47. The van der Waals surface area contributed by atoms with Crippen molar-refractivity contribution in [3.8, 4) is 0 Å². The maximum atomic E-state index is 13.2. The monoisotopic (exact) mass is 269 g/mol. The zero-order valence-electron chi connectivity index (χ0n) is 9.23. The molecule has 2 aliphatic rings. The third-order valence-electron chi connectivity index (χ3n) is 3.16. The topological polar surface area (TPSA) is 38.7 Å². The minimum atomic E-state index is -1.00. The Balaban J connectivity index is 2.01. The summed E-state index contributed by atoms with van der Waals surface area (Å²) < 4.78 is 26.4. The minimum absolute atomic E-state index is 0.235. The predicted molar refractivity (Wildman–Crippen MR) is 63.3 cm³/mol. The molecule has 1 aromatic rings. The molecule has 0 aromatic heterocycles. The van der Waals surface area contributed by atoms with Gasteiger partial charge in [-0.3, -0.25) is 4.79 Å². The van der Waals surface area contributed by atoms with Crippen LogP contribution < -0.4 is 0 Å². The Kier molecular flexibility index (Phi) is 2.62. The number of aldehydes is 1. The smallest absolute Gasteiger partial charge is 0.246 e. The van der Waals surface area contributed by atoms with Crippen molar-refractivity contribution in [3.05, 3.63) is 35.4 Å². The van der Waals surface area contributed by atoms with Crippen LogP contribution in [0.4, 0.5) is 8.78 Å². The largest absolute Gasteiger partial charge is 0.369 e. The third-order valence-corrected chi connectivity index (χ3v) is 4.51. The van der Waals surface area contributed by atoms with E-state index in [1.165, 1.54) is 23.9 Å². The summed E-state index contributed by atoms with van der Waals surface area (Å²) in [6, 6.07) is 3.21. The average Bonchev–Trinajstić information content (AvgIpc) is 2.85. The van der Waals surface area contributed by atoms with Crippen LogP contribution >= 0.6 is 11.8 Å². The second kappa shape index (κ2) is 4.05. The van der Waals surface area contributed by atoms with E-state index in [9.17, 15) is 13.6 Å². The molecule has 0 N–H and O–H groups in total. The molecule has 1 saturated heterocycles. The normalized spacial score (nSPS) is 29.7. The van der Waals surface area contributed by atoms with Crippen LogP contribution in [-0.2, 0) is 9.63 Å². The number of halogens is 2. The van der Waals surface area contributed by atoms with Gasteiger partial charge in [-0.25, -0.2) is 8.78 Å². The molecular formula is C12H9F2NO2S. The lowest BCUT2D eigenvalue weighted by Gasteiger charge is -2.18. The molecule has 0 amide bonds. The minimum Gasteiger partial charge on any atom is -0.369 e. The van der Waals surface area contributed by atoms with Crippen LogP contribution in [0, 0.1) is 17.6 Å². The van der Waals surface area contributed by atoms with Crippen molar-refractivity contribution < 1.29 is 18.4 Å². The Hall–Kier alpha value is -1.43. The maximum absolute atomic E-state index is 13.2. The number of thioether (sulfide) groups is 1. The van der Waals surface area contributed by atoms with Crippen LogP contribution in [0.15, 0.2) is 23.4 Å². The fourth-order valence-corrected chi connectivity index (χ4v) is 3.59. The summed E-state index contributed by atoms with van der Waals surface area (Å²) in [5.41, 5.74) is 0.786. The van der Waals surface area contributed by atoms with Gasteiger partial charge < -0.3 is 4.84 Å². The lowest BCUT2D eigenvalue weighted by atomic mass is 9.90. The van der Waals surface area contributed by atoms with Gasteiger partial charge in [0, 0.05) is 11.6 Å². The van der Waals surface area contributed by atoms with E-state index >= 15 is 0 Å². The molecule has 0 aliphatic carbocycles. The van der Waals surface area contributed by atoms with Crippen molar-refractivity contribution in [1.82, 2.24) is 0 Å². The molecule has 1 fully saturated rings. The van der Waals surface area contributed by atoms with E-state index in [1.54, 1.807) is 0 Å². The number of hydrogen-bond acceptors (Lipinski definition) is 4. The summed E-state index contributed by atoms with van der Waals surface area (Å²) in [7, 11) is 0. The van der Waals surface area contributed by atoms with Crippen molar-refractivity contribution in [1.29, 1.82) is 0 Å². The van der Waals surface area contributed by atoms with Gasteiger partial charge in [0.1, 0.15) is 11.6 Å². The van der Waals surface area contributed by atoms with Gasteiger partial charge in [-0.15, -0.1) is 11.8 Å². The zero-order chi connectivity index (χ0) is 12.8. The van der Waals surface area contributed by atoms with Crippen LogP contribution in [0.3, 0.4) is 0 Å². The van der Waals surface area contributed by atoms with Crippen molar-refractivity contribution in [3.63, 3.8) is 0 Å². The molecule has 3 nitrogen and oxygen atoms in total. The maximum Gasteiger partial charge on any atom is 0.246 e. The van der Waals surface area contributed by atoms with Crippen LogP contribution in [0.2, 0.25) is 0 Å². The summed E-state index contributed by atoms with van der Waals surface area (Å²) in [6.07, 6.45) is 1.43. The zero-order valence-corrected chi connectivity index (χ0v) is 10.0.